The summed E-state index contributed by atoms with van der Waals surface area (Å²) in [5.41, 5.74) is 0.338. The van der Waals surface area contributed by atoms with Crippen LogP contribution in [0, 0.1) is 27.3 Å². The number of aliphatic hydroxyl groups excluding tert-OH is 11. The van der Waals surface area contributed by atoms with Crippen molar-refractivity contribution in [1.29, 1.82) is 0 Å². The summed E-state index contributed by atoms with van der Waals surface area (Å²) >= 11 is 10.9. The zero-order valence-corrected chi connectivity index (χ0v) is 48.0. The summed E-state index contributed by atoms with van der Waals surface area (Å²) in [5, 5.41) is 113. The summed E-state index contributed by atoms with van der Waals surface area (Å²) in [7, 11) is 2.81. The number of amides is 6. The summed E-state index contributed by atoms with van der Waals surface area (Å²) in [6.45, 7) is -3.60. The van der Waals surface area contributed by atoms with Gasteiger partial charge in [0.15, 0.2) is 0 Å². The van der Waals surface area contributed by atoms with Crippen LogP contribution in [0.4, 0.5) is 11.4 Å². The van der Waals surface area contributed by atoms with Crippen molar-refractivity contribution in [3.63, 3.8) is 0 Å². The van der Waals surface area contributed by atoms with Gasteiger partial charge in [-0.15, -0.1) is 0 Å². The number of rotatable bonds is 22. The quantitative estimate of drug-likeness (QED) is 0.0560. The third kappa shape index (κ3) is 17.2. The molecule has 372 valence electrons. The van der Waals surface area contributed by atoms with Crippen LogP contribution >= 0.6 is 136 Å². The molecule has 0 aliphatic carbocycles. The lowest BCUT2D eigenvalue weighted by atomic mass is 10.1. The molecule has 2 rings (SSSR count). The monoisotopic (exact) mass is 1610 g/mol. The molecule has 0 saturated carbocycles. The van der Waals surface area contributed by atoms with Crippen molar-refractivity contribution in [2.75, 3.05) is 90.7 Å². The molecule has 0 spiro atoms. The Bertz CT molecular complexity index is 1930. The Morgan fingerprint density at radius 2 is 0.773 bits per heavy atom. The first-order valence-electron chi connectivity index (χ1n) is 19.0. The average Bonchev–Trinajstić information content (AvgIpc) is 3.27. The molecule has 0 saturated heterocycles. The molecule has 0 bridgehead atoms. The second kappa shape index (κ2) is 30.8. The largest absolute Gasteiger partial charge is 0.395 e. The van der Waals surface area contributed by atoms with E-state index in [0.29, 0.717) is 0 Å². The van der Waals surface area contributed by atoms with Gasteiger partial charge in [0, 0.05) is 34.3 Å². The summed E-state index contributed by atoms with van der Waals surface area (Å²) in [5.74, 6) is -5.22. The molecule has 3 atom stereocenters. The molecule has 29 heteroatoms. The van der Waals surface area contributed by atoms with Gasteiger partial charge in [-0.05, 0) is 142 Å². The average molecular weight is 1610 g/mol. The molecule has 2 aromatic carbocycles. The van der Waals surface area contributed by atoms with Gasteiger partial charge in [-0.3, -0.25) is 28.8 Å². The molecule has 0 heterocycles. The van der Waals surface area contributed by atoms with E-state index in [9.17, 15) is 74.7 Å². The predicted octanol–water partition coefficient (Wildman–Crippen LogP) is -2.12. The molecule has 2 aromatic rings. The van der Waals surface area contributed by atoms with Gasteiger partial charge in [0.05, 0.1) is 131 Å². The van der Waals surface area contributed by atoms with E-state index in [4.69, 9.17) is 10.2 Å². The zero-order chi connectivity index (χ0) is 50.9. The van der Waals surface area contributed by atoms with Gasteiger partial charge in [0.1, 0.15) is 6.10 Å². The number of anilines is 2. The van der Waals surface area contributed by atoms with Crippen molar-refractivity contribution in [3.8, 4) is 0 Å². The maximum Gasteiger partial charge on any atom is 0.255 e. The molecular formula is C37H50I6N6O17. The van der Waals surface area contributed by atoms with Crippen LogP contribution in [0.15, 0.2) is 0 Å². The number of hydrogen-bond acceptors (Lipinski definition) is 17. The first-order valence-corrected chi connectivity index (χ1v) is 25.4. The molecule has 0 aromatic heterocycles. The number of nitrogens with zero attached hydrogens (tertiary/aromatic N) is 2. The number of benzene rings is 2. The van der Waals surface area contributed by atoms with Gasteiger partial charge in [0.25, 0.3) is 29.5 Å². The van der Waals surface area contributed by atoms with Gasteiger partial charge in [-0.1, -0.05) is 0 Å². The standard InChI is InChI=1S/C20H28I3N3O9.C17H22I3N3O8/c1-25(3-10(31)7-29)19(34)12-14(21)13(20(35)26(2)4-11(32)8-30)16(23)17(15(12)22)24-18(33)9(5-27)6-28;1-6(28)15(29)23-14-12(19)9(16(30)21-7(2-24)3-25)11(18)10(13(14)20)17(31)22-8(4-26)5-27/h9-11,27-32H,3-8H2,1-2H3,(H,24,33);6-8,24-28H,2-5H2,1H3,(H,21,30)(H,22,31)(H,23,29)/t;6-/m.0/s1. The van der Waals surface area contributed by atoms with Crippen LogP contribution in [0.5, 0.6) is 0 Å². The van der Waals surface area contributed by atoms with Crippen molar-refractivity contribution in [2.45, 2.75) is 37.3 Å². The lowest BCUT2D eigenvalue weighted by molar-refractivity contribution is -0.123. The second-order valence-electron chi connectivity index (χ2n) is 14.0. The molecule has 0 radical (unpaired) electrons. The van der Waals surface area contributed by atoms with Gasteiger partial charge in [-0.2, -0.15) is 0 Å². The first kappa shape index (κ1) is 63.2. The molecule has 66 heavy (non-hydrogen) atoms. The van der Waals surface area contributed by atoms with E-state index in [1.54, 1.807) is 22.6 Å². The minimum atomic E-state index is -1.36. The number of likely N-dealkylation sites (N-methyl/N-ethyl adjacent to an activating group) is 2. The highest BCUT2D eigenvalue weighted by Crippen LogP contribution is 2.38. The number of halogens is 6. The van der Waals surface area contributed by atoms with Gasteiger partial charge in [-0.25, -0.2) is 0 Å². The minimum Gasteiger partial charge on any atom is -0.395 e. The highest BCUT2D eigenvalue weighted by atomic mass is 127. The summed E-state index contributed by atoms with van der Waals surface area (Å²) in [6.07, 6.45) is -3.74. The molecule has 23 nitrogen and oxygen atoms in total. The van der Waals surface area contributed by atoms with Crippen molar-refractivity contribution >= 4 is 182 Å². The van der Waals surface area contributed by atoms with Crippen LogP contribution in [-0.2, 0) is 9.59 Å². The minimum absolute atomic E-state index is 0.00380. The van der Waals surface area contributed by atoms with Crippen LogP contribution in [0.2, 0.25) is 0 Å². The van der Waals surface area contributed by atoms with Crippen LogP contribution in [0.3, 0.4) is 0 Å². The maximum absolute atomic E-state index is 13.3. The number of nitrogens with one attached hydrogen (secondary N) is 4. The molecule has 0 fully saturated rings. The lowest BCUT2D eigenvalue weighted by Crippen LogP contribution is -2.42. The van der Waals surface area contributed by atoms with Crippen LogP contribution in [-0.4, -0.2) is 212 Å². The molecule has 0 aliphatic rings. The molecule has 0 aliphatic heterocycles. The van der Waals surface area contributed by atoms with Gasteiger partial charge >= 0.3 is 0 Å². The van der Waals surface area contributed by atoms with Gasteiger partial charge in [0.2, 0.25) is 5.91 Å². The Morgan fingerprint density at radius 3 is 1.06 bits per heavy atom. The molecule has 15 N–H and O–H groups in total. The Morgan fingerprint density at radius 1 is 0.470 bits per heavy atom. The number of hydrogen-bond donors (Lipinski definition) is 15. The van der Waals surface area contributed by atoms with E-state index < -0.39 is 125 Å². The Labute approximate surface area is 460 Å². The summed E-state index contributed by atoms with van der Waals surface area (Å²) < 4.78 is 1.56. The molecule has 2 unspecified atom stereocenters. The maximum atomic E-state index is 13.3. The normalized spacial score (nSPS) is 12.5. The van der Waals surface area contributed by atoms with Crippen molar-refractivity contribution in [1.82, 2.24) is 20.4 Å². The summed E-state index contributed by atoms with van der Waals surface area (Å²) in [6, 6.07) is -1.89. The van der Waals surface area contributed by atoms with Crippen LogP contribution in [0.1, 0.15) is 48.4 Å². The van der Waals surface area contributed by atoms with Crippen molar-refractivity contribution < 1.29 is 84.9 Å². The second-order valence-corrected chi connectivity index (χ2v) is 20.4. The lowest BCUT2D eigenvalue weighted by Gasteiger charge is -2.26. The highest BCUT2D eigenvalue weighted by Gasteiger charge is 2.34. The third-order valence-electron chi connectivity index (χ3n) is 8.84. The fraction of sp³-hybridized carbons (Fsp3) is 0.514. The van der Waals surface area contributed by atoms with E-state index in [1.165, 1.54) is 21.0 Å². The van der Waals surface area contributed by atoms with E-state index in [1.807, 2.05) is 113 Å². The number of aliphatic hydroxyl groups is 11. The fourth-order valence-corrected chi connectivity index (χ4v) is 13.9. The SMILES string of the molecule is CN(CC(O)CO)C(=O)c1c(I)c(NC(=O)C(CO)CO)c(I)c(C(=O)N(C)CC(O)CO)c1I.C[C@H](O)C(=O)Nc1c(I)c(C(=O)NC(CO)CO)c(I)c(C(=O)NC(CO)CO)c1I. The number of carbonyl (C=O) groups excluding carboxylic acids is 6. The van der Waals surface area contributed by atoms with Crippen molar-refractivity contribution in [2.24, 2.45) is 5.92 Å². The van der Waals surface area contributed by atoms with Crippen LogP contribution in [0.25, 0.3) is 0 Å². The summed E-state index contributed by atoms with van der Waals surface area (Å²) in [4.78, 5) is 79.5. The Hall–Kier alpha value is -0.800. The molecular weight excluding hydrogens is 1560 g/mol. The Kier molecular flexibility index (Phi) is 29.5. The van der Waals surface area contributed by atoms with Crippen molar-refractivity contribution in [3.05, 3.63) is 43.7 Å². The fourth-order valence-electron chi connectivity index (χ4n) is 5.11. The Balaban J connectivity index is 0.000000665. The van der Waals surface area contributed by atoms with Gasteiger partial charge < -0.3 is 87.2 Å². The van der Waals surface area contributed by atoms with Crippen LogP contribution < -0.4 is 21.3 Å². The zero-order valence-electron chi connectivity index (χ0n) is 35.1. The third-order valence-corrected chi connectivity index (χ3v) is 15.3. The topological polar surface area (TPSA) is 380 Å². The van der Waals surface area contributed by atoms with E-state index in [-0.39, 0.29) is 68.1 Å². The smallest absolute Gasteiger partial charge is 0.255 e. The predicted molar refractivity (Wildman–Crippen MR) is 287 cm³/mol. The number of carbonyl (C=O) groups is 6. The van der Waals surface area contributed by atoms with E-state index in [0.717, 1.165) is 9.80 Å². The highest BCUT2D eigenvalue weighted by molar-refractivity contribution is 14.1. The van der Waals surface area contributed by atoms with E-state index in [2.05, 4.69) is 21.3 Å². The van der Waals surface area contributed by atoms with E-state index >= 15 is 0 Å². The molecule has 6 amide bonds. The first-order chi connectivity index (χ1) is 30.9.